The minimum atomic E-state index is -5.03. The van der Waals surface area contributed by atoms with Crippen molar-refractivity contribution < 1.29 is 31.4 Å². The molecule has 0 heterocycles. The smallest absolute Gasteiger partial charge is 0.379 e. The lowest BCUT2D eigenvalue weighted by molar-refractivity contribution is -0.207. The summed E-state index contributed by atoms with van der Waals surface area (Å²) < 4.78 is 73.3. The fourth-order valence-electron chi connectivity index (χ4n) is 1.12. The van der Waals surface area contributed by atoms with E-state index in [1.165, 1.54) is 0 Å². The van der Waals surface area contributed by atoms with Crippen LogP contribution in [0.1, 0.15) is 17.2 Å². The molecule has 0 fully saturated rings. The second-order valence-corrected chi connectivity index (χ2v) is 3.59. The Balaban J connectivity index is 3.23. The number of hydrogen-bond donors (Lipinski definition) is 1. The molecule has 96 valence electrons. The second kappa shape index (κ2) is 4.38. The number of benzene rings is 1. The molecule has 1 nitrogen and oxygen atoms in total. The molecular formula is C9H5ClF6O. The fraction of sp³-hybridized carbons (Fsp3) is 0.333. The zero-order chi connectivity index (χ0) is 13.4. The molecule has 1 rings (SSSR count). The Bertz CT molecular complexity index is 411. The highest BCUT2D eigenvalue weighted by Gasteiger charge is 2.41. The van der Waals surface area contributed by atoms with Gasteiger partial charge >= 0.3 is 12.4 Å². The summed E-state index contributed by atoms with van der Waals surface area (Å²) in [6, 6.07) is 1.53. The number of aliphatic hydroxyl groups is 1. The van der Waals surface area contributed by atoms with Crippen molar-refractivity contribution in [2.45, 2.75) is 18.5 Å². The fourth-order valence-corrected chi connectivity index (χ4v) is 1.34. The first-order valence-corrected chi connectivity index (χ1v) is 4.52. The van der Waals surface area contributed by atoms with Crippen molar-refractivity contribution in [3.8, 4) is 0 Å². The zero-order valence-electron chi connectivity index (χ0n) is 7.90. The molecule has 0 radical (unpaired) electrons. The normalized spacial score (nSPS) is 14.8. The highest BCUT2D eigenvalue weighted by atomic mass is 35.5. The van der Waals surface area contributed by atoms with Gasteiger partial charge in [0.05, 0.1) is 10.6 Å². The van der Waals surface area contributed by atoms with E-state index in [2.05, 4.69) is 0 Å². The van der Waals surface area contributed by atoms with Gasteiger partial charge in [-0.2, -0.15) is 26.3 Å². The molecule has 0 aliphatic heterocycles. The third-order valence-corrected chi connectivity index (χ3v) is 2.25. The van der Waals surface area contributed by atoms with Gasteiger partial charge in [-0.3, -0.25) is 0 Å². The summed E-state index contributed by atoms with van der Waals surface area (Å²) in [6.45, 7) is 0. The first-order valence-electron chi connectivity index (χ1n) is 4.15. The standard InChI is InChI=1S/C9H5ClF6O/c10-6-2-1-4(7(17)9(14,15)16)3-5(6)8(11,12)13/h1-3,7,17H/t7-/m1/s1. The molecule has 0 bridgehead atoms. The Hall–Kier alpha value is -0.950. The molecule has 8 heteroatoms. The zero-order valence-corrected chi connectivity index (χ0v) is 8.66. The maximum Gasteiger partial charge on any atom is 0.418 e. The summed E-state index contributed by atoms with van der Waals surface area (Å²) in [5, 5.41) is 8.08. The van der Waals surface area contributed by atoms with Gasteiger partial charge in [0.25, 0.3) is 0 Å². The van der Waals surface area contributed by atoms with Crippen LogP contribution in [-0.4, -0.2) is 11.3 Å². The predicted molar refractivity (Wildman–Crippen MR) is 47.5 cm³/mol. The van der Waals surface area contributed by atoms with Crippen molar-refractivity contribution in [3.05, 3.63) is 34.3 Å². The Morgan fingerprint density at radius 3 is 2.00 bits per heavy atom. The summed E-state index contributed by atoms with van der Waals surface area (Å²) in [6.07, 6.45) is -12.9. The molecule has 0 saturated heterocycles. The highest BCUT2D eigenvalue weighted by molar-refractivity contribution is 6.31. The lowest BCUT2D eigenvalue weighted by Gasteiger charge is -2.17. The molecule has 0 aliphatic rings. The lowest BCUT2D eigenvalue weighted by atomic mass is 10.1. The molecule has 17 heavy (non-hydrogen) atoms. The molecule has 0 spiro atoms. The summed E-state index contributed by atoms with van der Waals surface area (Å²) in [5.74, 6) is 0. The highest BCUT2D eigenvalue weighted by Crippen LogP contribution is 2.39. The molecule has 0 amide bonds. The number of rotatable bonds is 1. The lowest BCUT2D eigenvalue weighted by Crippen LogP contribution is -2.20. The van der Waals surface area contributed by atoms with Crippen LogP contribution in [0.15, 0.2) is 18.2 Å². The van der Waals surface area contributed by atoms with E-state index < -0.39 is 34.6 Å². The maximum absolute atomic E-state index is 12.3. The van der Waals surface area contributed by atoms with Crippen LogP contribution in [-0.2, 0) is 6.18 Å². The molecule has 1 aromatic carbocycles. The minimum absolute atomic E-state index is 0.181. The van der Waals surface area contributed by atoms with Gasteiger partial charge in [0, 0.05) is 0 Å². The molecule has 0 aliphatic carbocycles. The second-order valence-electron chi connectivity index (χ2n) is 3.18. The van der Waals surface area contributed by atoms with Gasteiger partial charge < -0.3 is 5.11 Å². The molecular weight excluding hydrogens is 274 g/mol. The van der Waals surface area contributed by atoms with E-state index in [0.717, 1.165) is 0 Å². The molecule has 0 aromatic heterocycles. The number of alkyl halides is 6. The Labute approximate surface area is 96.6 Å². The number of halogens is 7. The summed E-state index contributed by atoms with van der Waals surface area (Å²) >= 11 is 5.22. The summed E-state index contributed by atoms with van der Waals surface area (Å²) in [7, 11) is 0. The first-order chi connectivity index (χ1) is 7.53. The minimum Gasteiger partial charge on any atom is -0.379 e. The van der Waals surface area contributed by atoms with Gasteiger partial charge in [-0.1, -0.05) is 17.7 Å². The Morgan fingerprint density at radius 2 is 1.59 bits per heavy atom. The third kappa shape index (κ3) is 3.26. The van der Waals surface area contributed by atoms with Crippen LogP contribution in [0.25, 0.3) is 0 Å². The van der Waals surface area contributed by atoms with E-state index in [1.54, 1.807) is 0 Å². The van der Waals surface area contributed by atoms with Crippen molar-refractivity contribution in [1.29, 1.82) is 0 Å². The van der Waals surface area contributed by atoms with E-state index in [1.807, 2.05) is 0 Å². The largest absolute Gasteiger partial charge is 0.418 e. The first kappa shape index (κ1) is 14.1. The van der Waals surface area contributed by atoms with Gasteiger partial charge in [-0.05, 0) is 17.7 Å². The van der Waals surface area contributed by atoms with Crippen molar-refractivity contribution in [2.75, 3.05) is 0 Å². The van der Waals surface area contributed by atoms with E-state index in [-0.39, 0.29) is 6.07 Å². The van der Waals surface area contributed by atoms with Crippen LogP contribution in [0.3, 0.4) is 0 Å². The van der Waals surface area contributed by atoms with Crippen LogP contribution in [0.4, 0.5) is 26.3 Å². The Morgan fingerprint density at radius 1 is 1.06 bits per heavy atom. The van der Waals surface area contributed by atoms with E-state index >= 15 is 0 Å². The van der Waals surface area contributed by atoms with Crippen molar-refractivity contribution in [2.24, 2.45) is 0 Å². The van der Waals surface area contributed by atoms with Crippen LogP contribution < -0.4 is 0 Å². The number of aliphatic hydroxyl groups excluding tert-OH is 1. The number of hydrogen-bond acceptors (Lipinski definition) is 1. The topological polar surface area (TPSA) is 20.2 Å². The summed E-state index contributed by atoms with van der Waals surface area (Å²) in [5.41, 5.74) is -2.32. The summed E-state index contributed by atoms with van der Waals surface area (Å²) in [4.78, 5) is 0. The van der Waals surface area contributed by atoms with Gasteiger partial charge in [-0.15, -0.1) is 0 Å². The third-order valence-electron chi connectivity index (χ3n) is 1.92. The Kier molecular flexibility index (Phi) is 3.63. The van der Waals surface area contributed by atoms with Crippen LogP contribution in [0, 0.1) is 0 Å². The van der Waals surface area contributed by atoms with E-state index in [0.29, 0.717) is 12.1 Å². The van der Waals surface area contributed by atoms with Crippen molar-refractivity contribution in [1.82, 2.24) is 0 Å². The van der Waals surface area contributed by atoms with E-state index in [4.69, 9.17) is 16.7 Å². The van der Waals surface area contributed by atoms with Gasteiger partial charge in [0.15, 0.2) is 6.10 Å². The molecule has 1 aromatic rings. The maximum atomic E-state index is 12.3. The van der Waals surface area contributed by atoms with Crippen LogP contribution in [0.2, 0.25) is 5.02 Å². The van der Waals surface area contributed by atoms with Gasteiger partial charge in [0.1, 0.15) is 0 Å². The molecule has 1 atom stereocenters. The monoisotopic (exact) mass is 278 g/mol. The predicted octanol–water partition coefficient (Wildman–Crippen LogP) is 3.95. The molecule has 1 N–H and O–H groups in total. The van der Waals surface area contributed by atoms with Crippen LogP contribution in [0.5, 0.6) is 0 Å². The molecule has 0 saturated carbocycles. The molecule has 0 unspecified atom stereocenters. The average molecular weight is 279 g/mol. The van der Waals surface area contributed by atoms with Gasteiger partial charge in [-0.25, -0.2) is 0 Å². The van der Waals surface area contributed by atoms with Crippen molar-refractivity contribution >= 4 is 11.6 Å². The average Bonchev–Trinajstić information content (AvgIpc) is 2.14. The SMILES string of the molecule is O[C@H](c1ccc(Cl)c(C(F)(F)F)c1)C(F)(F)F. The van der Waals surface area contributed by atoms with Crippen molar-refractivity contribution in [3.63, 3.8) is 0 Å². The van der Waals surface area contributed by atoms with Crippen LogP contribution >= 0.6 is 11.6 Å². The van der Waals surface area contributed by atoms with Gasteiger partial charge in [0.2, 0.25) is 0 Å². The quantitative estimate of drug-likeness (QED) is 0.771. The van der Waals surface area contributed by atoms with E-state index in [9.17, 15) is 26.3 Å².